The first kappa shape index (κ1) is 14.8. The minimum Gasteiger partial charge on any atom is -0.353 e. The fraction of sp³-hybridized carbons (Fsp3) is 0.333. The normalized spacial score (nSPS) is 15.1. The van der Waals surface area contributed by atoms with Crippen molar-refractivity contribution in [1.29, 1.82) is 0 Å². The second-order valence-electron chi connectivity index (χ2n) is 6.16. The number of aryl methyl sites for hydroxylation is 2. The lowest BCUT2D eigenvalue weighted by Crippen LogP contribution is -2.47. The largest absolute Gasteiger partial charge is 0.353 e. The van der Waals surface area contributed by atoms with Gasteiger partial charge in [0.15, 0.2) is 5.65 Å². The van der Waals surface area contributed by atoms with Gasteiger partial charge in [0, 0.05) is 49.7 Å². The number of hydrogen-bond donors (Lipinski definition) is 0. The second-order valence-corrected chi connectivity index (χ2v) is 6.16. The zero-order chi connectivity index (χ0) is 16.5. The van der Waals surface area contributed by atoms with Crippen molar-refractivity contribution in [3.05, 3.63) is 48.0 Å². The van der Waals surface area contributed by atoms with Gasteiger partial charge in [0.25, 0.3) is 0 Å². The summed E-state index contributed by atoms with van der Waals surface area (Å²) in [5, 5.41) is 1.13. The molecule has 6 heteroatoms. The van der Waals surface area contributed by atoms with Crippen LogP contribution >= 0.6 is 0 Å². The van der Waals surface area contributed by atoms with Crippen molar-refractivity contribution in [2.75, 3.05) is 36.0 Å². The van der Waals surface area contributed by atoms with Gasteiger partial charge in [-0.2, -0.15) is 0 Å². The molecule has 0 radical (unpaired) electrons. The smallest absolute Gasteiger partial charge is 0.162 e. The molecule has 24 heavy (non-hydrogen) atoms. The van der Waals surface area contributed by atoms with E-state index in [1.807, 2.05) is 13.1 Å². The summed E-state index contributed by atoms with van der Waals surface area (Å²) in [6, 6.07) is 6.34. The summed E-state index contributed by atoms with van der Waals surface area (Å²) in [6.07, 6.45) is 5.26. The minimum absolute atomic E-state index is 0.835. The van der Waals surface area contributed by atoms with Crippen LogP contribution in [0.15, 0.2) is 36.8 Å². The standard InChI is InChI=1S/C18H20N6/c1-13-11-14(2)21-18-15(13)3-4-16(22-18)23-7-9-24(10-8-23)17-12-19-5-6-20-17/h3-6,11-12H,7-10H2,1-2H3. The van der Waals surface area contributed by atoms with Gasteiger partial charge in [-0.05, 0) is 37.6 Å². The third-order valence-electron chi connectivity index (χ3n) is 4.47. The van der Waals surface area contributed by atoms with Crippen LogP contribution in [0.2, 0.25) is 0 Å². The maximum absolute atomic E-state index is 4.79. The summed E-state index contributed by atoms with van der Waals surface area (Å²) in [5.41, 5.74) is 3.07. The lowest BCUT2D eigenvalue weighted by atomic mass is 10.1. The predicted octanol–water partition coefficient (Wildman–Crippen LogP) is 2.36. The van der Waals surface area contributed by atoms with E-state index in [1.54, 1.807) is 12.4 Å². The quantitative estimate of drug-likeness (QED) is 0.722. The molecular formula is C18H20N6. The van der Waals surface area contributed by atoms with Crippen LogP contribution in [-0.4, -0.2) is 46.1 Å². The summed E-state index contributed by atoms with van der Waals surface area (Å²) < 4.78 is 0. The molecule has 0 aliphatic carbocycles. The number of anilines is 2. The molecule has 1 fully saturated rings. The fourth-order valence-corrected chi connectivity index (χ4v) is 3.22. The highest BCUT2D eigenvalue weighted by Gasteiger charge is 2.19. The Balaban J connectivity index is 1.54. The Morgan fingerprint density at radius 3 is 2.33 bits per heavy atom. The molecule has 4 heterocycles. The summed E-state index contributed by atoms with van der Waals surface area (Å²) in [7, 11) is 0. The molecule has 0 atom stereocenters. The van der Waals surface area contributed by atoms with Gasteiger partial charge in [-0.25, -0.2) is 15.0 Å². The first-order valence-electron chi connectivity index (χ1n) is 8.21. The van der Waals surface area contributed by atoms with E-state index in [9.17, 15) is 0 Å². The van der Waals surface area contributed by atoms with Crippen LogP contribution in [0.4, 0.5) is 11.6 Å². The summed E-state index contributed by atoms with van der Waals surface area (Å²) in [4.78, 5) is 22.5. The van der Waals surface area contributed by atoms with Gasteiger partial charge in [-0.3, -0.25) is 4.98 Å². The first-order valence-corrected chi connectivity index (χ1v) is 8.21. The van der Waals surface area contributed by atoms with E-state index in [-0.39, 0.29) is 0 Å². The molecule has 0 amide bonds. The number of nitrogens with zero attached hydrogens (tertiary/aromatic N) is 6. The third-order valence-corrected chi connectivity index (χ3v) is 4.47. The van der Waals surface area contributed by atoms with Gasteiger partial charge in [0.1, 0.15) is 11.6 Å². The van der Waals surface area contributed by atoms with Crippen molar-refractivity contribution >= 4 is 22.7 Å². The number of hydrogen-bond acceptors (Lipinski definition) is 6. The molecular weight excluding hydrogens is 300 g/mol. The van der Waals surface area contributed by atoms with E-state index in [1.165, 1.54) is 5.56 Å². The van der Waals surface area contributed by atoms with E-state index >= 15 is 0 Å². The SMILES string of the molecule is Cc1cc(C)c2ccc(N3CCN(c4cnccn4)CC3)nc2n1. The predicted molar refractivity (Wildman–Crippen MR) is 95.5 cm³/mol. The van der Waals surface area contributed by atoms with Crippen molar-refractivity contribution in [2.24, 2.45) is 0 Å². The number of pyridine rings is 2. The molecule has 6 nitrogen and oxygen atoms in total. The molecule has 0 saturated carbocycles. The van der Waals surface area contributed by atoms with Crippen LogP contribution in [0, 0.1) is 13.8 Å². The summed E-state index contributed by atoms with van der Waals surface area (Å²) in [6.45, 7) is 7.79. The average molecular weight is 320 g/mol. The van der Waals surface area contributed by atoms with Crippen molar-refractivity contribution in [3.8, 4) is 0 Å². The van der Waals surface area contributed by atoms with Crippen molar-refractivity contribution in [2.45, 2.75) is 13.8 Å². The van der Waals surface area contributed by atoms with E-state index in [0.29, 0.717) is 0 Å². The van der Waals surface area contributed by atoms with Gasteiger partial charge in [0.05, 0.1) is 6.20 Å². The zero-order valence-corrected chi connectivity index (χ0v) is 14.0. The molecule has 122 valence electrons. The van der Waals surface area contributed by atoms with Gasteiger partial charge in [0.2, 0.25) is 0 Å². The molecule has 1 saturated heterocycles. The van der Waals surface area contributed by atoms with Crippen molar-refractivity contribution in [3.63, 3.8) is 0 Å². The molecule has 0 N–H and O–H groups in total. The topological polar surface area (TPSA) is 58.0 Å². The molecule has 1 aliphatic rings. The average Bonchev–Trinajstić information content (AvgIpc) is 2.62. The van der Waals surface area contributed by atoms with E-state index in [4.69, 9.17) is 4.98 Å². The third kappa shape index (κ3) is 2.75. The zero-order valence-electron chi connectivity index (χ0n) is 14.0. The number of piperazine rings is 1. The molecule has 3 aromatic rings. The van der Waals surface area contributed by atoms with Gasteiger partial charge >= 0.3 is 0 Å². The molecule has 0 unspecified atom stereocenters. The van der Waals surface area contributed by atoms with Crippen LogP contribution in [-0.2, 0) is 0 Å². The molecule has 3 aromatic heterocycles. The Labute approximate surface area is 141 Å². The minimum atomic E-state index is 0.835. The molecule has 1 aliphatic heterocycles. The van der Waals surface area contributed by atoms with Crippen LogP contribution in [0.5, 0.6) is 0 Å². The first-order chi connectivity index (χ1) is 11.7. The van der Waals surface area contributed by atoms with Gasteiger partial charge in [-0.15, -0.1) is 0 Å². The number of rotatable bonds is 2. The van der Waals surface area contributed by atoms with Gasteiger partial charge in [-0.1, -0.05) is 0 Å². The lowest BCUT2D eigenvalue weighted by Gasteiger charge is -2.35. The molecule has 4 rings (SSSR count). The highest BCUT2D eigenvalue weighted by molar-refractivity contribution is 5.80. The van der Waals surface area contributed by atoms with Crippen LogP contribution in [0.1, 0.15) is 11.3 Å². The summed E-state index contributed by atoms with van der Waals surface area (Å²) >= 11 is 0. The molecule has 0 spiro atoms. The van der Waals surface area contributed by atoms with E-state index in [2.05, 4.69) is 49.9 Å². The Bertz CT molecular complexity index is 856. The number of fused-ring (bicyclic) bond motifs is 1. The molecule has 0 bridgehead atoms. The van der Waals surface area contributed by atoms with E-state index in [0.717, 1.165) is 54.5 Å². The fourth-order valence-electron chi connectivity index (χ4n) is 3.22. The lowest BCUT2D eigenvalue weighted by molar-refractivity contribution is 0.641. The van der Waals surface area contributed by atoms with E-state index < -0.39 is 0 Å². The van der Waals surface area contributed by atoms with Crippen LogP contribution in [0.3, 0.4) is 0 Å². The Hall–Kier alpha value is -2.76. The highest BCUT2D eigenvalue weighted by Crippen LogP contribution is 2.22. The highest BCUT2D eigenvalue weighted by atomic mass is 15.3. The van der Waals surface area contributed by atoms with Gasteiger partial charge < -0.3 is 9.80 Å². The Kier molecular flexibility index (Phi) is 3.72. The maximum atomic E-state index is 4.79. The summed E-state index contributed by atoms with van der Waals surface area (Å²) in [5.74, 6) is 1.94. The monoisotopic (exact) mass is 320 g/mol. The van der Waals surface area contributed by atoms with Crippen molar-refractivity contribution in [1.82, 2.24) is 19.9 Å². The number of aromatic nitrogens is 4. The van der Waals surface area contributed by atoms with Crippen molar-refractivity contribution < 1.29 is 0 Å². The van der Waals surface area contributed by atoms with Crippen LogP contribution < -0.4 is 9.80 Å². The molecule has 0 aromatic carbocycles. The maximum Gasteiger partial charge on any atom is 0.162 e. The van der Waals surface area contributed by atoms with Crippen LogP contribution in [0.25, 0.3) is 11.0 Å². The Morgan fingerprint density at radius 1 is 0.875 bits per heavy atom. The second kappa shape index (κ2) is 6.03. The Morgan fingerprint density at radius 2 is 1.62 bits per heavy atom.